The van der Waals surface area contributed by atoms with Crippen molar-refractivity contribution in [3.8, 4) is 0 Å². The van der Waals surface area contributed by atoms with E-state index in [2.05, 4.69) is 34.1 Å². The van der Waals surface area contributed by atoms with E-state index in [-0.39, 0.29) is 18.2 Å². The lowest BCUT2D eigenvalue weighted by Gasteiger charge is -2.36. The summed E-state index contributed by atoms with van der Waals surface area (Å²) in [5, 5.41) is 0.665. The number of para-hydroxylation sites is 1. The molecule has 0 radical (unpaired) electrons. The number of hydrogen-bond acceptors (Lipinski definition) is 3. The number of Topliss-reactive ketones (excluding diaryl/α,β-unsaturated/α-hetero) is 1. The van der Waals surface area contributed by atoms with Gasteiger partial charge < -0.3 is 17.3 Å². The second kappa shape index (κ2) is 9.07. The van der Waals surface area contributed by atoms with Crippen LogP contribution in [0.3, 0.4) is 0 Å². The average molecular weight is 364 g/mol. The van der Waals surface area contributed by atoms with E-state index in [4.69, 9.17) is 11.6 Å². The van der Waals surface area contributed by atoms with Gasteiger partial charge in [0.1, 0.15) is 0 Å². The molecule has 2 aromatic rings. The molecule has 3 rings (SSSR count). The summed E-state index contributed by atoms with van der Waals surface area (Å²) in [6, 6.07) is 17.7. The van der Waals surface area contributed by atoms with Gasteiger partial charge in [-0.3, -0.25) is 9.69 Å². The summed E-state index contributed by atoms with van der Waals surface area (Å²) in [5.41, 5.74) is 2.03. The molecule has 2 aromatic carbocycles. The zero-order valence-electron chi connectivity index (χ0n) is 13.5. The molecule has 24 heavy (non-hydrogen) atoms. The third-order valence-electron chi connectivity index (χ3n) is 4.31. The van der Waals surface area contributed by atoms with Crippen molar-refractivity contribution in [3.05, 3.63) is 65.2 Å². The quantitative estimate of drug-likeness (QED) is 0.732. The maximum Gasteiger partial charge on any atom is 0.164 e. The second-order valence-electron chi connectivity index (χ2n) is 5.84. The van der Waals surface area contributed by atoms with Gasteiger partial charge in [0.2, 0.25) is 0 Å². The predicted molar refractivity (Wildman–Crippen MR) is 95.5 cm³/mol. The molecule has 0 saturated carbocycles. The van der Waals surface area contributed by atoms with Crippen molar-refractivity contribution in [2.75, 3.05) is 37.6 Å². The van der Waals surface area contributed by atoms with Crippen LogP contribution in [0.25, 0.3) is 0 Å². The van der Waals surface area contributed by atoms with Gasteiger partial charge in [-0.2, -0.15) is 0 Å². The number of benzene rings is 2. The Kier molecular flexibility index (Phi) is 7.10. The molecule has 5 heteroatoms. The van der Waals surface area contributed by atoms with E-state index < -0.39 is 0 Å². The largest absolute Gasteiger partial charge is 1.00 e. The highest BCUT2D eigenvalue weighted by molar-refractivity contribution is 6.30. The Hall–Kier alpha value is -1.55. The SMILES string of the molecule is O=C(CCN1CCN(c2ccccc2)CC1)c1ccc(Cl)cc1.[Cl-]. The fraction of sp³-hybridized carbons (Fsp3) is 0.316. The zero-order chi connectivity index (χ0) is 16.1. The van der Waals surface area contributed by atoms with Crippen LogP contribution in [-0.4, -0.2) is 43.4 Å². The van der Waals surface area contributed by atoms with Gasteiger partial charge in [0, 0.05) is 55.4 Å². The molecule has 0 unspecified atom stereocenters. The number of ketones is 1. The molecule has 0 aromatic heterocycles. The molecule has 1 fully saturated rings. The number of hydrogen-bond donors (Lipinski definition) is 0. The molecule has 0 N–H and O–H groups in total. The fourth-order valence-electron chi connectivity index (χ4n) is 2.91. The third kappa shape index (κ3) is 4.97. The zero-order valence-corrected chi connectivity index (χ0v) is 15.0. The minimum atomic E-state index is 0. The van der Waals surface area contributed by atoms with Crippen LogP contribution in [0.15, 0.2) is 54.6 Å². The monoisotopic (exact) mass is 363 g/mol. The number of piperazine rings is 1. The molecule has 3 nitrogen and oxygen atoms in total. The molecule has 0 bridgehead atoms. The van der Waals surface area contributed by atoms with Crippen LogP contribution in [0, 0.1) is 0 Å². The number of carbonyl (C=O) groups excluding carboxylic acids is 1. The fourth-order valence-corrected chi connectivity index (χ4v) is 3.03. The number of halogens is 2. The van der Waals surface area contributed by atoms with Crippen molar-refractivity contribution in [2.24, 2.45) is 0 Å². The molecule has 1 heterocycles. The number of rotatable bonds is 5. The van der Waals surface area contributed by atoms with E-state index >= 15 is 0 Å². The highest BCUT2D eigenvalue weighted by Crippen LogP contribution is 2.16. The van der Waals surface area contributed by atoms with E-state index in [9.17, 15) is 4.79 Å². The van der Waals surface area contributed by atoms with Crippen molar-refractivity contribution in [1.82, 2.24) is 4.90 Å². The first-order valence-corrected chi connectivity index (χ1v) is 8.41. The van der Waals surface area contributed by atoms with Gasteiger partial charge in [0.25, 0.3) is 0 Å². The van der Waals surface area contributed by atoms with Gasteiger partial charge in [-0.15, -0.1) is 0 Å². The maximum absolute atomic E-state index is 12.2. The molecule has 0 amide bonds. The van der Waals surface area contributed by atoms with Gasteiger partial charge >= 0.3 is 0 Å². The Morgan fingerprint density at radius 1 is 0.917 bits per heavy atom. The van der Waals surface area contributed by atoms with Crippen molar-refractivity contribution in [1.29, 1.82) is 0 Å². The first-order chi connectivity index (χ1) is 11.2. The maximum atomic E-state index is 12.2. The highest BCUT2D eigenvalue weighted by atomic mass is 35.5. The summed E-state index contributed by atoms with van der Waals surface area (Å²) in [7, 11) is 0. The topological polar surface area (TPSA) is 23.6 Å². The summed E-state index contributed by atoms with van der Waals surface area (Å²) < 4.78 is 0. The molecule has 1 saturated heterocycles. The highest BCUT2D eigenvalue weighted by Gasteiger charge is 2.17. The van der Waals surface area contributed by atoms with Gasteiger partial charge in [-0.1, -0.05) is 29.8 Å². The number of carbonyl (C=O) groups is 1. The number of nitrogens with zero attached hydrogens (tertiary/aromatic N) is 2. The van der Waals surface area contributed by atoms with Crippen LogP contribution >= 0.6 is 11.6 Å². The third-order valence-corrected chi connectivity index (χ3v) is 4.57. The summed E-state index contributed by atoms with van der Waals surface area (Å²) in [4.78, 5) is 17.0. The Morgan fingerprint density at radius 3 is 2.17 bits per heavy atom. The van der Waals surface area contributed by atoms with Crippen LogP contribution < -0.4 is 17.3 Å². The van der Waals surface area contributed by atoms with Gasteiger partial charge in [-0.05, 0) is 36.4 Å². The normalized spacial score (nSPS) is 15.0. The van der Waals surface area contributed by atoms with Crippen LogP contribution in [0.5, 0.6) is 0 Å². The standard InChI is InChI=1S/C19H21ClN2O.ClH/c20-17-8-6-16(7-9-17)19(23)10-11-21-12-14-22(15-13-21)18-4-2-1-3-5-18;/h1-9H,10-15H2;1H/p-1. The van der Waals surface area contributed by atoms with Gasteiger partial charge in [0.15, 0.2) is 5.78 Å². The predicted octanol–water partition coefficient (Wildman–Crippen LogP) is 0.739. The summed E-state index contributed by atoms with van der Waals surface area (Å²) in [6.45, 7) is 4.86. The first-order valence-electron chi connectivity index (χ1n) is 8.03. The van der Waals surface area contributed by atoms with E-state index in [0.717, 1.165) is 38.3 Å². The van der Waals surface area contributed by atoms with Gasteiger partial charge in [-0.25, -0.2) is 0 Å². The Balaban J connectivity index is 0.00000208. The van der Waals surface area contributed by atoms with Crippen molar-refractivity contribution < 1.29 is 17.2 Å². The Morgan fingerprint density at radius 2 is 1.54 bits per heavy atom. The lowest BCUT2D eigenvalue weighted by molar-refractivity contribution is -0.0000125. The summed E-state index contributed by atoms with van der Waals surface area (Å²) in [6.07, 6.45) is 0.562. The van der Waals surface area contributed by atoms with E-state index in [1.54, 1.807) is 24.3 Å². The Bertz CT molecular complexity index is 638. The van der Waals surface area contributed by atoms with Crippen LogP contribution in [0.4, 0.5) is 5.69 Å². The molecule has 128 valence electrons. The smallest absolute Gasteiger partial charge is 0.164 e. The first kappa shape index (κ1) is 18.8. The van der Waals surface area contributed by atoms with Crippen molar-refractivity contribution in [3.63, 3.8) is 0 Å². The number of anilines is 1. The minimum absolute atomic E-state index is 0. The van der Waals surface area contributed by atoms with Gasteiger partial charge in [0.05, 0.1) is 0 Å². The minimum Gasteiger partial charge on any atom is -1.00 e. The molecule has 0 aliphatic carbocycles. The lowest BCUT2D eigenvalue weighted by Crippen LogP contribution is -3.00. The van der Waals surface area contributed by atoms with Crippen LogP contribution in [0.1, 0.15) is 16.8 Å². The molecule has 1 aliphatic rings. The second-order valence-corrected chi connectivity index (χ2v) is 6.28. The molecule has 1 aliphatic heterocycles. The van der Waals surface area contributed by atoms with Crippen LogP contribution in [0.2, 0.25) is 5.02 Å². The van der Waals surface area contributed by atoms with E-state index in [1.165, 1.54) is 5.69 Å². The van der Waals surface area contributed by atoms with Crippen molar-refractivity contribution >= 4 is 23.1 Å². The van der Waals surface area contributed by atoms with Crippen LogP contribution in [-0.2, 0) is 0 Å². The molecular formula is C19H21Cl2N2O-. The van der Waals surface area contributed by atoms with Crippen molar-refractivity contribution in [2.45, 2.75) is 6.42 Å². The summed E-state index contributed by atoms with van der Waals surface area (Å²) in [5.74, 6) is 0.187. The average Bonchev–Trinajstić information content (AvgIpc) is 2.61. The molecular weight excluding hydrogens is 343 g/mol. The lowest BCUT2D eigenvalue weighted by atomic mass is 10.1. The molecule has 0 atom stereocenters. The molecule has 0 spiro atoms. The van der Waals surface area contributed by atoms with E-state index in [1.807, 2.05) is 6.07 Å². The summed E-state index contributed by atoms with van der Waals surface area (Å²) >= 11 is 5.86. The Labute approximate surface area is 154 Å². The van der Waals surface area contributed by atoms with E-state index in [0.29, 0.717) is 11.4 Å².